The van der Waals surface area contributed by atoms with Crippen molar-refractivity contribution in [3.05, 3.63) is 97.0 Å². The van der Waals surface area contributed by atoms with Crippen LogP contribution in [0, 0.1) is 10.1 Å². The molecule has 0 bridgehead atoms. The second kappa shape index (κ2) is 10.1. The molecule has 1 N–H and O–H groups in total. The van der Waals surface area contributed by atoms with Crippen LogP contribution >= 0.6 is 27.5 Å². The van der Waals surface area contributed by atoms with Gasteiger partial charge in [-0.05, 0) is 77.2 Å². The van der Waals surface area contributed by atoms with Crippen LogP contribution in [0.15, 0.2) is 65.1 Å². The minimum absolute atomic E-state index is 0.167. The van der Waals surface area contributed by atoms with Gasteiger partial charge >= 0.3 is 0 Å². The Balaban J connectivity index is 1.43. The number of nitro groups is 1. The number of anilines is 1. The van der Waals surface area contributed by atoms with Crippen LogP contribution in [0.4, 0.5) is 5.69 Å². The molecule has 202 valence electrons. The Morgan fingerprint density at radius 3 is 2.69 bits per heavy atom. The summed E-state index contributed by atoms with van der Waals surface area (Å²) in [6, 6.07) is 17.1. The highest BCUT2D eigenvalue weighted by molar-refractivity contribution is 9.10. The third-order valence-electron chi connectivity index (χ3n) is 8.11. The van der Waals surface area contributed by atoms with Gasteiger partial charge in [-0.3, -0.25) is 19.8 Å². The largest absolute Gasteiger partial charge is 0.490 e. The topological polar surface area (TPSA) is 93.9 Å². The van der Waals surface area contributed by atoms with E-state index in [1.54, 1.807) is 12.1 Å². The van der Waals surface area contributed by atoms with Gasteiger partial charge in [-0.2, -0.15) is 0 Å². The van der Waals surface area contributed by atoms with Crippen LogP contribution in [-0.2, 0) is 16.9 Å². The van der Waals surface area contributed by atoms with E-state index < -0.39 is 17.5 Å². The van der Waals surface area contributed by atoms with Gasteiger partial charge < -0.3 is 14.8 Å². The van der Waals surface area contributed by atoms with Crippen molar-refractivity contribution < 1.29 is 19.2 Å². The number of rotatable bonds is 7. The summed E-state index contributed by atoms with van der Waals surface area (Å²) in [5.41, 5.74) is 1.64. The summed E-state index contributed by atoms with van der Waals surface area (Å²) in [7, 11) is 0. The van der Waals surface area contributed by atoms with Gasteiger partial charge in [0.05, 0.1) is 17.0 Å². The van der Waals surface area contributed by atoms with Gasteiger partial charge in [-0.25, -0.2) is 0 Å². The summed E-state index contributed by atoms with van der Waals surface area (Å²) in [5, 5.41) is 16.5. The van der Waals surface area contributed by atoms with Crippen molar-refractivity contribution >= 4 is 39.1 Å². The quantitative estimate of drug-likeness (QED) is 0.255. The Hall–Kier alpha value is -3.14. The van der Waals surface area contributed by atoms with E-state index >= 15 is 0 Å². The lowest BCUT2D eigenvalue weighted by atomic mass is 9.77. The first-order valence-corrected chi connectivity index (χ1v) is 14.2. The molecule has 3 aromatic carbocycles. The molecule has 0 radical (unpaired) electrons. The van der Waals surface area contributed by atoms with Crippen LogP contribution in [0.2, 0.25) is 5.02 Å². The number of carbonyl (C=O) groups is 1. The third kappa shape index (κ3) is 4.10. The Kier molecular flexibility index (Phi) is 6.77. The number of ether oxygens (including phenoxy) is 2. The molecular formula is C29H27BrClN3O5. The standard InChI is InChI=1S/C29H27BrClN3O5/c1-2-38-24-15-18(14-21(30)26(24)39-16-17-9-11-19(31)12-10-17)25-23-8-5-13-33(23)29(27(25)34(36)37)20-6-3-4-7-22(20)32-28(29)35/h3-4,6-7,9-12,14-15,23,25,27H,2,5,8,13,16H2,1H3,(H,32,35)/t23-,25+,27+,29+/m0/s1. The Bertz CT molecular complexity index is 1450. The van der Waals surface area contributed by atoms with Crippen molar-refractivity contribution in [2.75, 3.05) is 18.5 Å². The molecule has 3 aliphatic rings. The molecule has 4 atom stereocenters. The number of hydrogen-bond acceptors (Lipinski definition) is 6. The van der Waals surface area contributed by atoms with Gasteiger partial charge in [0.2, 0.25) is 0 Å². The predicted octanol–water partition coefficient (Wildman–Crippen LogP) is 6.13. The normalized spacial score (nSPS) is 25.4. The van der Waals surface area contributed by atoms with E-state index in [-0.39, 0.29) is 16.9 Å². The fourth-order valence-corrected chi connectivity index (χ4v) is 7.39. The fraction of sp³-hybridized carbons (Fsp3) is 0.345. The monoisotopic (exact) mass is 611 g/mol. The van der Waals surface area contributed by atoms with Crippen molar-refractivity contribution in [2.24, 2.45) is 0 Å². The Labute approximate surface area is 239 Å². The number of hydrogen-bond donors (Lipinski definition) is 1. The van der Waals surface area contributed by atoms with E-state index in [1.807, 2.05) is 55.5 Å². The van der Waals surface area contributed by atoms with Crippen LogP contribution < -0.4 is 14.8 Å². The molecule has 2 saturated heterocycles. The van der Waals surface area contributed by atoms with Crippen LogP contribution in [0.25, 0.3) is 0 Å². The first-order valence-electron chi connectivity index (χ1n) is 13.0. The molecule has 2 fully saturated rings. The van der Waals surface area contributed by atoms with E-state index in [9.17, 15) is 14.9 Å². The molecule has 1 amide bonds. The molecule has 6 rings (SSSR count). The molecule has 8 nitrogen and oxygen atoms in total. The minimum Gasteiger partial charge on any atom is -0.490 e. The highest BCUT2D eigenvalue weighted by Gasteiger charge is 2.73. The summed E-state index contributed by atoms with van der Waals surface area (Å²) in [6.45, 7) is 3.19. The second-order valence-corrected chi connectivity index (χ2v) is 11.4. The van der Waals surface area contributed by atoms with Crippen molar-refractivity contribution in [3.63, 3.8) is 0 Å². The molecule has 0 aliphatic carbocycles. The first kappa shape index (κ1) is 26.1. The van der Waals surface area contributed by atoms with Crippen molar-refractivity contribution in [2.45, 2.75) is 49.9 Å². The number of para-hydroxylation sites is 1. The van der Waals surface area contributed by atoms with Crippen LogP contribution in [0.1, 0.15) is 42.4 Å². The van der Waals surface area contributed by atoms with Crippen molar-refractivity contribution in [1.29, 1.82) is 0 Å². The average Bonchev–Trinajstić information content (AvgIpc) is 3.57. The highest BCUT2D eigenvalue weighted by Crippen LogP contribution is 2.58. The Morgan fingerprint density at radius 2 is 1.95 bits per heavy atom. The van der Waals surface area contributed by atoms with E-state index in [0.717, 1.165) is 24.0 Å². The molecule has 3 heterocycles. The van der Waals surface area contributed by atoms with Gasteiger partial charge in [-0.1, -0.05) is 41.9 Å². The van der Waals surface area contributed by atoms with Gasteiger partial charge in [0.15, 0.2) is 17.0 Å². The number of benzene rings is 3. The third-order valence-corrected chi connectivity index (χ3v) is 8.95. The number of fused-ring (bicyclic) bond motifs is 4. The van der Waals surface area contributed by atoms with Gasteiger partial charge in [0, 0.05) is 33.8 Å². The van der Waals surface area contributed by atoms with Crippen molar-refractivity contribution in [1.82, 2.24) is 4.90 Å². The number of nitrogens with zero attached hydrogens (tertiary/aromatic N) is 2. The summed E-state index contributed by atoms with van der Waals surface area (Å²) in [6.07, 6.45) is 1.63. The summed E-state index contributed by atoms with van der Waals surface area (Å²) >= 11 is 9.66. The maximum absolute atomic E-state index is 13.7. The van der Waals surface area contributed by atoms with E-state index in [1.165, 1.54) is 0 Å². The van der Waals surface area contributed by atoms with Crippen LogP contribution in [0.3, 0.4) is 0 Å². The fourth-order valence-electron chi connectivity index (χ4n) is 6.69. The summed E-state index contributed by atoms with van der Waals surface area (Å²) < 4.78 is 12.8. The zero-order chi connectivity index (χ0) is 27.3. The molecule has 3 aromatic rings. The molecular weight excluding hydrogens is 586 g/mol. The summed E-state index contributed by atoms with van der Waals surface area (Å²) in [5.74, 6) is 0.167. The van der Waals surface area contributed by atoms with Crippen LogP contribution in [0.5, 0.6) is 11.5 Å². The summed E-state index contributed by atoms with van der Waals surface area (Å²) in [4.78, 5) is 28.4. The first-order chi connectivity index (χ1) is 18.9. The average molecular weight is 613 g/mol. The molecule has 39 heavy (non-hydrogen) atoms. The number of amides is 1. The maximum Gasteiger partial charge on any atom is 0.256 e. The number of carbonyl (C=O) groups excluding carboxylic acids is 1. The lowest BCUT2D eigenvalue weighted by Gasteiger charge is -2.32. The van der Waals surface area contributed by atoms with Gasteiger partial charge in [-0.15, -0.1) is 0 Å². The van der Waals surface area contributed by atoms with Crippen molar-refractivity contribution in [3.8, 4) is 11.5 Å². The Morgan fingerprint density at radius 1 is 1.18 bits per heavy atom. The lowest BCUT2D eigenvalue weighted by molar-refractivity contribution is -0.534. The zero-order valence-electron chi connectivity index (χ0n) is 21.2. The molecule has 3 aliphatic heterocycles. The highest BCUT2D eigenvalue weighted by atomic mass is 79.9. The molecule has 10 heteroatoms. The molecule has 0 unspecified atom stereocenters. The predicted molar refractivity (Wildman–Crippen MR) is 151 cm³/mol. The smallest absolute Gasteiger partial charge is 0.256 e. The van der Waals surface area contributed by atoms with Gasteiger partial charge in [0.1, 0.15) is 6.61 Å². The minimum atomic E-state index is -1.37. The molecule has 0 saturated carbocycles. The van der Waals surface area contributed by atoms with E-state index in [2.05, 4.69) is 26.1 Å². The number of nitrogens with one attached hydrogen (secondary N) is 1. The zero-order valence-corrected chi connectivity index (χ0v) is 23.6. The van der Waals surface area contributed by atoms with E-state index in [4.69, 9.17) is 21.1 Å². The second-order valence-electron chi connectivity index (χ2n) is 10.1. The van der Waals surface area contributed by atoms with Gasteiger partial charge in [0.25, 0.3) is 11.9 Å². The van der Waals surface area contributed by atoms with Crippen LogP contribution in [-0.4, -0.2) is 41.0 Å². The SMILES string of the molecule is CCOc1cc([C@@H]2[C@@H]3CCCN3[C@@]3(C(=O)Nc4ccccc43)[C@@H]2[N+](=O)[O-])cc(Br)c1OCc1ccc(Cl)cc1. The maximum atomic E-state index is 13.7. The van der Waals surface area contributed by atoms with E-state index in [0.29, 0.717) is 52.0 Å². The lowest BCUT2D eigenvalue weighted by Crippen LogP contribution is -2.55. The molecule has 0 aromatic heterocycles. The number of halogens is 2. The molecule has 1 spiro atoms.